The third kappa shape index (κ3) is 4.12. The molecule has 0 radical (unpaired) electrons. The summed E-state index contributed by atoms with van der Waals surface area (Å²) in [5.41, 5.74) is 2.93. The first-order valence-electron chi connectivity index (χ1n) is 8.15. The summed E-state index contributed by atoms with van der Waals surface area (Å²) < 4.78 is 11.2. The third-order valence-corrected chi connectivity index (χ3v) is 4.29. The van der Waals surface area contributed by atoms with Gasteiger partial charge in [-0.3, -0.25) is 4.79 Å². The van der Waals surface area contributed by atoms with Crippen LogP contribution < -0.4 is 5.32 Å². The quantitative estimate of drug-likeness (QED) is 0.918. The summed E-state index contributed by atoms with van der Waals surface area (Å²) in [7, 11) is 2.10. The van der Waals surface area contributed by atoms with Gasteiger partial charge in [0.15, 0.2) is 0 Å². The third-order valence-electron chi connectivity index (χ3n) is 4.29. The number of likely N-dealkylation sites (N-methyl/N-ethyl adjacent to an activating group) is 1. The topological polar surface area (TPSA) is 54.7 Å². The van der Waals surface area contributed by atoms with Crippen LogP contribution in [0.5, 0.6) is 0 Å². The van der Waals surface area contributed by atoms with Gasteiger partial charge in [0, 0.05) is 30.6 Å². The summed E-state index contributed by atoms with van der Waals surface area (Å²) >= 11 is 0. The van der Waals surface area contributed by atoms with Crippen molar-refractivity contribution in [2.45, 2.75) is 25.9 Å². The molecular formula is C18H24N2O3. The van der Waals surface area contributed by atoms with E-state index in [1.165, 1.54) is 0 Å². The Kier molecular flexibility index (Phi) is 4.98. The van der Waals surface area contributed by atoms with Gasteiger partial charge in [-0.1, -0.05) is 12.1 Å². The number of rotatable bonds is 5. The molecule has 0 aliphatic carbocycles. The van der Waals surface area contributed by atoms with Crippen LogP contribution in [0.25, 0.3) is 11.0 Å². The Labute approximate surface area is 136 Å². The zero-order valence-electron chi connectivity index (χ0n) is 13.8. The Morgan fingerprint density at radius 2 is 2.30 bits per heavy atom. The fourth-order valence-electron chi connectivity index (χ4n) is 2.98. The second-order valence-electron chi connectivity index (χ2n) is 6.33. The number of hydrogen-bond acceptors (Lipinski definition) is 4. The monoisotopic (exact) mass is 316 g/mol. The van der Waals surface area contributed by atoms with Crippen LogP contribution in [0, 0.1) is 6.92 Å². The largest absolute Gasteiger partial charge is 0.464 e. The number of carbonyl (C=O) groups excluding carboxylic acids is 1. The van der Waals surface area contributed by atoms with E-state index >= 15 is 0 Å². The van der Waals surface area contributed by atoms with Gasteiger partial charge in [-0.05, 0) is 32.0 Å². The average Bonchev–Trinajstić information content (AvgIpc) is 2.89. The summed E-state index contributed by atoms with van der Waals surface area (Å²) in [5.74, 6) is 0.0254. The van der Waals surface area contributed by atoms with Crippen LogP contribution in [0.4, 0.5) is 0 Å². The molecule has 1 aromatic carbocycles. The number of hydrogen-bond donors (Lipinski definition) is 1. The minimum Gasteiger partial charge on any atom is -0.464 e. The summed E-state index contributed by atoms with van der Waals surface area (Å²) in [6.07, 6.45) is 3.10. The van der Waals surface area contributed by atoms with Gasteiger partial charge in [0.25, 0.3) is 0 Å². The van der Waals surface area contributed by atoms with Crippen LogP contribution in [0.2, 0.25) is 0 Å². The number of furan rings is 1. The molecule has 2 aromatic rings. The minimum absolute atomic E-state index is 0.0254. The maximum absolute atomic E-state index is 12.1. The summed E-state index contributed by atoms with van der Waals surface area (Å²) in [6, 6.07) is 6.05. The zero-order valence-corrected chi connectivity index (χ0v) is 13.8. The summed E-state index contributed by atoms with van der Waals surface area (Å²) in [6.45, 7) is 5.36. The molecule has 0 saturated carbocycles. The van der Waals surface area contributed by atoms with Gasteiger partial charge >= 0.3 is 0 Å². The van der Waals surface area contributed by atoms with Crippen molar-refractivity contribution in [3.05, 3.63) is 35.6 Å². The zero-order chi connectivity index (χ0) is 16.2. The van der Waals surface area contributed by atoms with Crippen LogP contribution in [-0.2, 0) is 16.0 Å². The lowest BCUT2D eigenvalue weighted by molar-refractivity contribution is -0.120. The molecular weight excluding hydrogens is 292 g/mol. The fourth-order valence-corrected chi connectivity index (χ4v) is 2.98. The molecule has 1 saturated heterocycles. The van der Waals surface area contributed by atoms with Crippen LogP contribution >= 0.6 is 0 Å². The van der Waals surface area contributed by atoms with Crippen molar-refractivity contribution in [2.24, 2.45) is 0 Å². The molecule has 23 heavy (non-hydrogen) atoms. The van der Waals surface area contributed by atoms with Crippen molar-refractivity contribution in [1.82, 2.24) is 10.2 Å². The molecule has 1 fully saturated rings. The first-order valence-corrected chi connectivity index (χ1v) is 8.15. The van der Waals surface area contributed by atoms with Gasteiger partial charge in [0.2, 0.25) is 5.91 Å². The van der Waals surface area contributed by atoms with Crippen molar-refractivity contribution < 1.29 is 13.9 Å². The van der Waals surface area contributed by atoms with Gasteiger partial charge in [-0.15, -0.1) is 0 Å². The van der Waals surface area contributed by atoms with Gasteiger partial charge in [-0.2, -0.15) is 0 Å². The number of morpholine rings is 1. The summed E-state index contributed by atoms with van der Waals surface area (Å²) in [5, 5.41) is 4.00. The molecule has 0 unspecified atom stereocenters. The van der Waals surface area contributed by atoms with Crippen LogP contribution in [0.3, 0.4) is 0 Å². The van der Waals surface area contributed by atoms with Gasteiger partial charge < -0.3 is 19.4 Å². The Hall–Kier alpha value is -1.85. The Morgan fingerprint density at radius 1 is 1.43 bits per heavy atom. The lowest BCUT2D eigenvalue weighted by Crippen LogP contribution is -2.41. The van der Waals surface area contributed by atoms with E-state index in [2.05, 4.69) is 17.3 Å². The average molecular weight is 316 g/mol. The predicted octanol–water partition coefficient (Wildman–Crippen LogP) is 2.12. The van der Waals surface area contributed by atoms with Crippen molar-refractivity contribution in [3.63, 3.8) is 0 Å². The molecule has 1 atom stereocenters. The standard InChI is InChI=1S/C18H24N2O3/c1-13-3-4-16-14(12-23-17(16)9-13)10-18(21)19-6-5-15-11-20(2)7-8-22-15/h3-4,9,12,15H,5-8,10-11H2,1-2H3,(H,19,21)/t15-/m1/s1. The highest BCUT2D eigenvalue weighted by atomic mass is 16.5. The number of carbonyl (C=O) groups is 1. The lowest BCUT2D eigenvalue weighted by atomic mass is 10.1. The van der Waals surface area contributed by atoms with Gasteiger partial charge in [0.1, 0.15) is 5.58 Å². The van der Waals surface area contributed by atoms with E-state index in [4.69, 9.17) is 9.15 Å². The van der Waals surface area contributed by atoms with E-state index in [-0.39, 0.29) is 12.0 Å². The molecule has 1 aromatic heterocycles. The molecule has 1 amide bonds. The van der Waals surface area contributed by atoms with Gasteiger partial charge in [-0.25, -0.2) is 0 Å². The van der Waals surface area contributed by atoms with E-state index in [1.54, 1.807) is 6.26 Å². The number of benzene rings is 1. The number of ether oxygens (including phenoxy) is 1. The second kappa shape index (κ2) is 7.15. The Bertz CT molecular complexity index is 680. The van der Waals surface area contributed by atoms with Crippen molar-refractivity contribution >= 4 is 16.9 Å². The minimum atomic E-state index is 0.0254. The lowest BCUT2D eigenvalue weighted by Gasteiger charge is -2.30. The maximum Gasteiger partial charge on any atom is 0.224 e. The van der Waals surface area contributed by atoms with Crippen LogP contribution in [-0.4, -0.2) is 50.2 Å². The molecule has 124 valence electrons. The predicted molar refractivity (Wildman–Crippen MR) is 89.5 cm³/mol. The molecule has 3 rings (SSSR count). The van der Waals surface area contributed by atoms with E-state index in [0.717, 1.165) is 48.2 Å². The van der Waals surface area contributed by atoms with Gasteiger partial charge in [0.05, 0.1) is 25.4 Å². The molecule has 1 aliphatic heterocycles. The molecule has 5 nitrogen and oxygen atoms in total. The normalized spacial score (nSPS) is 19.1. The van der Waals surface area contributed by atoms with E-state index < -0.39 is 0 Å². The van der Waals surface area contributed by atoms with E-state index in [1.807, 2.05) is 25.1 Å². The highest BCUT2D eigenvalue weighted by Crippen LogP contribution is 2.22. The van der Waals surface area contributed by atoms with E-state index in [0.29, 0.717) is 13.0 Å². The number of fused-ring (bicyclic) bond motifs is 1. The molecule has 5 heteroatoms. The first kappa shape index (κ1) is 16.0. The van der Waals surface area contributed by atoms with E-state index in [9.17, 15) is 4.79 Å². The molecule has 1 aliphatic rings. The number of nitrogens with one attached hydrogen (secondary N) is 1. The Morgan fingerprint density at radius 3 is 3.13 bits per heavy atom. The fraction of sp³-hybridized carbons (Fsp3) is 0.500. The molecule has 2 heterocycles. The van der Waals surface area contributed by atoms with Crippen molar-refractivity contribution in [2.75, 3.05) is 33.3 Å². The van der Waals surface area contributed by atoms with Crippen LogP contribution in [0.15, 0.2) is 28.9 Å². The highest BCUT2D eigenvalue weighted by molar-refractivity contribution is 5.87. The first-order chi connectivity index (χ1) is 11.1. The molecule has 1 N–H and O–H groups in total. The maximum atomic E-state index is 12.1. The number of amides is 1. The summed E-state index contributed by atoms with van der Waals surface area (Å²) in [4.78, 5) is 14.4. The molecule has 0 bridgehead atoms. The Balaban J connectivity index is 1.49. The SMILES string of the molecule is Cc1ccc2c(CC(=O)NCC[C@@H]3CN(C)CCO3)coc2c1. The number of nitrogens with zero attached hydrogens (tertiary/aromatic N) is 1. The smallest absolute Gasteiger partial charge is 0.224 e. The number of aryl methyl sites for hydroxylation is 1. The van der Waals surface area contributed by atoms with Crippen molar-refractivity contribution in [3.8, 4) is 0 Å². The van der Waals surface area contributed by atoms with Crippen LogP contribution in [0.1, 0.15) is 17.5 Å². The molecule has 0 spiro atoms. The highest BCUT2D eigenvalue weighted by Gasteiger charge is 2.17. The second-order valence-corrected chi connectivity index (χ2v) is 6.33. The van der Waals surface area contributed by atoms with Crippen molar-refractivity contribution in [1.29, 1.82) is 0 Å².